The molecule has 0 aliphatic carbocycles. The molecule has 0 saturated carbocycles. The maximum Gasteiger partial charge on any atom is 0.263 e. The first-order valence-corrected chi connectivity index (χ1v) is 13.6. The minimum atomic E-state index is -3.99. The monoisotopic (exact) mass is 525 g/mol. The van der Waals surface area contributed by atoms with Crippen molar-refractivity contribution in [3.8, 4) is 17.5 Å². The lowest BCUT2D eigenvalue weighted by Crippen LogP contribution is -2.61. The van der Waals surface area contributed by atoms with Gasteiger partial charge in [0.05, 0.1) is 18.1 Å². The number of carbonyl (C=O) groups is 1. The summed E-state index contributed by atoms with van der Waals surface area (Å²) in [7, 11) is -3.99. The zero-order chi connectivity index (χ0) is 25.6. The quantitative estimate of drug-likeness (QED) is 0.355. The molecule has 1 fully saturated rings. The number of benzene rings is 1. The lowest BCUT2D eigenvalue weighted by molar-refractivity contribution is -0.134. The topological polar surface area (TPSA) is 127 Å². The highest BCUT2D eigenvalue weighted by Crippen LogP contribution is 2.38. The van der Waals surface area contributed by atoms with Gasteiger partial charge in [-0.25, -0.2) is 13.9 Å². The second-order valence-corrected chi connectivity index (χ2v) is 11.9. The van der Waals surface area contributed by atoms with Crippen molar-refractivity contribution < 1.29 is 32.6 Å². The summed E-state index contributed by atoms with van der Waals surface area (Å²) in [5.74, 6) is 1.10. The molecule has 1 aliphatic heterocycles. The third-order valence-electron chi connectivity index (χ3n) is 5.35. The smallest absolute Gasteiger partial charge is 0.263 e. The molecule has 192 valence electrons. The Bertz CT molecular complexity index is 1100. The highest BCUT2D eigenvalue weighted by molar-refractivity contribution is 8.00. The molecule has 1 saturated heterocycles. The summed E-state index contributed by atoms with van der Waals surface area (Å²) in [5, 5.41) is 9.19. The largest absolute Gasteiger partial charge is 0.489 e. The van der Waals surface area contributed by atoms with Gasteiger partial charge in [0.1, 0.15) is 18.4 Å². The molecule has 10 nitrogen and oxygen atoms in total. The van der Waals surface area contributed by atoms with Gasteiger partial charge in [-0.05, 0) is 57.5 Å². The van der Waals surface area contributed by atoms with E-state index in [1.807, 2.05) is 13.8 Å². The zero-order valence-corrected chi connectivity index (χ0v) is 21.8. The average molecular weight is 526 g/mol. The summed E-state index contributed by atoms with van der Waals surface area (Å²) in [5.41, 5.74) is 2.39. The van der Waals surface area contributed by atoms with E-state index in [4.69, 9.17) is 14.2 Å². The first kappa shape index (κ1) is 27.1. The molecule has 3 rings (SSSR count). The van der Waals surface area contributed by atoms with Crippen molar-refractivity contribution in [2.75, 3.05) is 25.5 Å². The predicted molar refractivity (Wildman–Crippen MR) is 131 cm³/mol. The molecule has 0 bridgehead atoms. The fourth-order valence-corrected chi connectivity index (χ4v) is 6.90. The first-order chi connectivity index (χ1) is 16.6. The van der Waals surface area contributed by atoms with E-state index in [1.54, 1.807) is 43.6 Å². The lowest BCUT2D eigenvalue weighted by atomic mass is 10.0. The van der Waals surface area contributed by atoms with E-state index in [-0.39, 0.29) is 18.0 Å². The van der Waals surface area contributed by atoms with E-state index in [2.05, 4.69) is 4.98 Å². The Labute approximate surface area is 210 Å². The molecule has 1 aliphatic rings. The Kier molecular flexibility index (Phi) is 8.86. The molecule has 1 atom stereocenters. The van der Waals surface area contributed by atoms with Gasteiger partial charge in [0, 0.05) is 29.2 Å². The second-order valence-electron chi connectivity index (χ2n) is 8.22. The van der Waals surface area contributed by atoms with Crippen LogP contribution in [0.4, 0.5) is 0 Å². The highest BCUT2D eigenvalue weighted by Gasteiger charge is 2.48. The van der Waals surface area contributed by atoms with Crippen LogP contribution in [0.25, 0.3) is 0 Å². The number of thioether (sulfide) groups is 1. The number of pyridine rings is 1. The Morgan fingerprint density at radius 2 is 1.74 bits per heavy atom. The van der Waals surface area contributed by atoms with Crippen LogP contribution in [0.2, 0.25) is 0 Å². The lowest BCUT2D eigenvalue weighted by Gasteiger charge is -2.43. The van der Waals surface area contributed by atoms with Crippen molar-refractivity contribution in [2.24, 2.45) is 0 Å². The van der Waals surface area contributed by atoms with Gasteiger partial charge >= 0.3 is 0 Å². The van der Waals surface area contributed by atoms with Crippen LogP contribution in [0.15, 0.2) is 41.3 Å². The molecule has 0 radical (unpaired) electrons. The van der Waals surface area contributed by atoms with Crippen LogP contribution in [0.1, 0.15) is 33.3 Å². The number of hydrogen-bond donors (Lipinski definition) is 2. The van der Waals surface area contributed by atoms with Gasteiger partial charge in [-0.1, -0.05) is 0 Å². The standard InChI is InChI=1S/C23H31N3O7S2/c1-5-31-19-13-16(14-20(24-19)32-6-2)15-33-17-7-9-18(10-8-17)35(29,30)26-11-12-34-23(3,4)21(26)22(27)25-28/h7-10,13-14,21,28H,5-6,11-12,15H2,1-4H3,(H,25,27). The number of nitrogens with zero attached hydrogens (tertiary/aromatic N) is 2. The van der Waals surface area contributed by atoms with Gasteiger partial charge in [0.25, 0.3) is 5.91 Å². The number of nitrogens with one attached hydrogen (secondary N) is 1. The number of amides is 1. The van der Waals surface area contributed by atoms with Gasteiger partial charge in [0.2, 0.25) is 21.8 Å². The summed E-state index contributed by atoms with van der Waals surface area (Å²) >= 11 is 1.48. The SMILES string of the molecule is CCOc1cc(COc2ccc(S(=O)(=O)N3CCSC(C)(C)C3C(=O)NO)cc2)cc(OCC)n1. The Morgan fingerprint density at radius 3 is 2.29 bits per heavy atom. The number of ether oxygens (including phenoxy) is 3. The summed E-state index contributed by atoms with van der Waals surface area (Å²) in [6.07, 6.45) is 0. The number of rotatable bonds is 10. The number of hydroxylamine groups is 1. The van der Waals surface area contributed by atoms with Crippen LogP contribution < -0.4 is 19.7 Å². The normalized spacial score (nSPS) is 18.0. The molecule has 1 unspecified atom stereocenters. The molecular formula is C23H31N3O7S2. The van der Waals surface area contributed by atoms with Crippen LogP contribution in [-0.4, -0.2) is 65.1 Å². The van der Waals surface area contributed by atoms with E-state index in [1.165, 1.54) is 23.9 Å². The third kappa shape index (κ3) is 6.37. The van der Waals surface area contributed by atoms with Crippen LogP contribution in [0.5, 0.6) is 17.5 Å². The Hall–Kier alpha value is -2.54. The fourth-order valence-electron chi connectivity index (χ4n) is 3.79. The van der Waals surface area contributed by atoms with Crippen LogP contribution >= 0.6 is 11.8 Å². The molecule has 1 amide bonds. The molecule has 2 heterocycles. The van der Waals surface area contributed by atoms with E-state index in [0.29, 0.717) is 36.5 Å². The van der Waals surface area contributed by atoms with Crippen LogP contribution in [0.3, 0.4) is 0 Å². The highest BCUT2D eigenvalue weighted by atomic mass is 32.2. The molecule has 12 heteroatoms. The molecule has 1 aromatic carbocycles. The van der Waals surface area contributed by atoms with Crippen molar-refractivity contribution in [3.05, 3.63) is 42.0 Å². The van der Waals surface area contributed by atoms with E-state index in [9.17, 15) is 18.4 Å². The minimum absolute atomic E-state index is 0.0319. The molecule has 0 spiro atoms. The van der Waals surface area contributed by atoms with Gasteiger partial charge in [0.15, 0.2) is 0 Å². The van der Waals surface area contributed by atoms with Crippen molar-refractivity contribution >= 4 is 27.7 Å². The van der Waals surface area contributed by atoms with Gasteiger partial charge in [-0.3, -0.25) is 10.0 Å². The van der Waals surface area contributed by atoms with E-state index in [0.717, 1.165) is 9.87 Å². The summed E-state index contributed by atoms with van der Waals surface area (Å²) in [6, 6.07) is 8.46. The Balaban J connectivity index is 1.77. The van der Waals surface area contributed by atoms with Crippen molar-refractivity contribution in [1.82, 2.24) is 14.8 Å². The van der Waals surface area contributed by atoms with E-state index < -0.39 is 26.7 Å². The van der Waals surface area contributed by atoms with Crippen molar-refractivity contribution in [1.29, 1.82) is 0 Å². The zero-order valence-electron chi connectivity index (χ0n) is 20.2. The summed E-state index contributed by atoms with van der Waals surface area (Å²) in [6.45, 7) is 8.57. The molecule has 1 aromatic heterocycles. The third-order valence-corrected chi connectivity index (χ3v) is 8.58. The van der Waals surface area contributed by atoms with Gasteiger partial charge < -0.3 is 14.2 Å². The second kappa shape index (κ2) is 11.5. The van der Waals surface area contributed by atoms with E-state index >= 15 is 0 Å². The van der Waals surface area contributed by atoms with Crippen LogP contribution in [0, 0.1) is 0 Å². The number of carbonyl (C=O) groups excluding carboxylic acids is 1. The molecule has 2 N–H and O–H groups in total. The maximum atomic E-state index is 13.4. The predicted octanol–water partition coefficient (Wildman–Crippen LogP) is 2.85. The summed E-state index contributed by atoms with van der Waals surface area (Å²) < 4.78 is 44.0. The van der Waals surface area contributed by atoms with Crippen molar-refractivity contribution in [2.45, 2.75) is 50.0 Å². The first-order valence-electron chi connectivity index (χ1n) is 11.2. The minimum Gasteiger partial charge on any atom is -0.489 e. The summed E-state index contributed by atoms with van der Waals surface area (Å²) in [4.78, 5) is 16.7. The molecule has 35 heavy (non-hydrogen) atoms. The average Bonchev–Trinajstić information content (AvgIpc) is 2.82. The van der Waals surface area contributed by atoms with Gasteiger partial charge in [-0.2, -0.15) is 21.1 Å². The maximum absolute atomic E-state index is 13.4. The Morgan fingerprint density at radius 1 is 1.14 bits per heavy atom. The van der Waals surface area contributed by atoms with Crippen molar-refractivity contribution in [3.63, 3.8) is 0 Å². The number of sulfonamides is 1. The molecular weight excluding hydrogens is 494 g/mol. The number of hydrogen-bond acceptors (Lipinski definition) is 9. The molecule has 2 aromatic rings. The van der Waals surface area contributed by atoms with Gasteiger partial charge in [-0.15, -0.1) is 0 Å². The fraction of sp³-hybridized carbons (Fsp3) is 0.478. The van der Waals surface area contributed by atoms with Crippen LogP contribution in [-0.2, 0) is 21.4 Å². The number of aromatic nitrogens is 1.